The maximum absolute atomic E-state index is 12.6. The zero-order valence-electron chi connectivity index (χ0n) is 11.1. The summed E-state index contributed by atoms with van der Waals surface area (Å²) in [5.41, 5.74) is 0.413. The van der Waals surface area contributed by atoms with E-state index >= 15 is 0 Å². The number of methoxy groups -OCH3 is 1. The second-order valence-electron chi connectivity index (χ2n) is 4.57. The largest absolute Gasteiger partial charge is 0.468 e. The lowest BCUT2D eigenvalue weighted by Gasteiger charge is -2.22. The van der Waals surface area contributed by atoms with Gasteiger partial charge in [-0.3, -0.25) is 9.59 Å². The predicted octanol–water partition coefficient (Wildman–Crippen LogP) is 2.91. The lowest BCUT2D eigenvalue weighted by molar-refractivity contribution is -0.142. The summed E-state index contributed by atoms with van der Waals surface area (Å²) in [4.78, 5) is 36.5. The van der Waals surface area contributed by atoms with Crippen LogP contribution in [0.5, 0.6) is 0 Å². The molecule has 0 aliphatic carbocycles. The van der Waals surface area contributed by atoms with E-state index in [1.807, 2.05) is 0 Å². The number of halogens is 1. The zero-order valence-corrected chi connectivity index (χ0v) is 12.6. The normalized spacial score (nSPS) is 20.6. The second-order valence-corrected chi connectivity index (χ2v) is 6.28. The van der Waals surface area contributed by atoms with E-state index in [4.69, 9.17) is 16.3 Å². The minimum atomic E-state index is -1.40. The molecule has 0 spiro atoms. The van der Waals surface area contributed by atoms with E-state index < -0.39 is 10.7 Å². The molecule has 0 bridgehead atoms. The standard InChI is InChI=1S/C14H13ClO4S/c1-8(16)6-7-14(13(18)19-2)12(17)9-4-3-5-10(15)11(9)20-14/h3-5H,6-7H2,1-2H3. The fourth-order valence-corrected chi connectivity index (χ4v) is 3.80. The first kappa shape index (κ1) is 15.1. The monoisotopic (exact) mass is 312 g/mol. The Labute approximate surface area is 125 Å². The van der Waals surface area contributed by atoms with Gasteiger partial charge in [-0.25, -0.2) is 0 Å². The van der Waals surface area contributed by atoms with Crippen LogP contribution < -0.4 is 0 Å². The molecule has 0 saturated carbocycles. The molecule has 20 heavy (non-hydrogen) atoms. The Kier molecular flexibility index (Phi) is 4.20. The van der Waals surface area contributed by atoms with Crippen molar-refractivity contribution in [2.45, 2.75) is 29.4 Å². The van der Waals surface area contributed by atoms with Gasteiger partial charge in [-0.1, -0.05) is 35.5 Å². The summed E-state index contributed by atoms with van der Waals surface area (Å²) in [6.45, 7) is 1.43. The van der Waals surface area contributed by atoms with Crippen LogP contribution >= 0.6 is 23.4 Å². The molecule has 0 fully saturated rings. The molecule has 0 radical (unpaired) electrons. The molecule has 1 aliphatic heterocycles. The minimum Gasteiger partial charge on any atom is -0.468 e. The zero-order chi connectivity index (χ0) is 14.9. The lowest BCUT2D eigenvalue weighted by atomic mass is 9.92. The Hall–Kier alpha value is -1.33. The summed E-state index contributed by atoms with van der Waals surface area (Å²) in [6.07, 6.45) is 0.253. The summed E-state index contributed by atoms with van der Waals surface area (Å²) in [5.74, 6) is -1.06. The number of ether oxygens (including phenoxy) is 1. The Morgan fingerprint density at radius 3 is 2.65 bits per heavy atom. The maximum atomic E-state index is 12.6. The summed E-state index contributed by atoms with van der Waals surface area (Å²) in [5, 5.41) is 0.425. The highest BCUT2D eigenvalue weighted by Crippen LogP contribution is 2.50. The molecule has 0 aromatic heterocycles. The fourth-order valence-electron chi connectivity index (χ4n) is 2.15. The van der Waals surface area contributed by atoms with Crippen molar-refractivity contribution in [1.82, 2.24) is 0 Å². The summed E-state index contributed by atoms with van der Waals surface area (Å²) >= 11 is 7.17. The molecule has 1 aromatic carbocycles. The summed E-state index contributed by atoms with van der Waals surface area (Å²) < 4.78 is 3.38. The molecule has 4 nitrogen and oxygen atoms in total. The van der Waals surface area contributed by atoms with Crippen LogP contribution in [-0.4, -0.2) is 29.4 Å². The number of carbonyl (C=O) groups excluding carboxylic acids is 3. The highest BCUT2D eigenvalue weighted by atomic mass is 35.5. The number of hydrogen-bond donors (Lipinski definition) is 0. The van der Waals surface area contributed by atoms with E-state index in [-0.39, 0.29) is 24.4 Å². The highest BCUT2D eigenvalue weighted by Gasteiger charge is 2.53. The number of hydrogen-bond acceptors (Lipinski definition) is 5. The first-order valence-corrected chi connectivity index (χ1v) is 7.22. The first-order chi connectivity index (χ1) is 9.42. The van der Waals surface area contributed by atoms with E-state index in [1.54, 1.807) is 18.2 Å². The summed E-state index contributed by atoms with van der Waals surface area (Å²) in [6, 6.07) is 4.96. The van der Waals surface area contributed by atoms with Crippen molar-refractivity contribution >= 4 is 40.9 Å². The predicted molar refractivity (Wildman–Crippen MR) is 76.3 cm³/mol. The molecule has 1 atom stereocenters. The molecule has 2 rings (SSSR count). The van der Waals surface area contributed by atoms with Gasteiger partial charge >= 0.3 is 5.97 Å². The highest BCUT2D eigenvalue weighted by molar-refractivity contribution is 8.03. The van der Waals surface area contributed by atoms with Gasteiger partial charge in [-0.05, 0) is 19.4 Å². The van der Waals surface area contributed by atoms with Gasteiger partial charge in [0.1, 0.15) is 5.78 Å². The topological polar surface area (TPSA) is 60.4 Å². The van der Waals surface area contributed by atoms with Crippen molar-refractivity contribution in [2.75, 3.05) is 7.11 Å². The number of rotatable bonds is 4. The third-order valence-electron chi connectivity index (χ3n) is 3.20. The average Bonchev–Trinajstić information content (AvgIpc) is 2.72. The van der Waals surface area contributed by atoms with Crippen LogP contribution in [-0.2, 0) is 14.3 Å². The number of fused-ring (bicyclic) bond motifs is 1. The number of benzene rings is 1. The molecular weight excluding hydrogens is 300 g/mol. The van der Waals surface area contributed by atoms with Gasteiger partial charge in [0, 0.05) is 16.9 Å². The SMILES string of the molecule is COC(=O)C1(CCC(C)=O)Sc2c(Cl)cccc2C1=O. The first-order valence-electron chi connectivity index (χ1n) is 6.02. The Morgan fingerprint density at radius 2 is 2.10 bits per heavy atom. The Bertz CT molecular complexity index is 599. The van der Waals surface area contributed by atoms with Crippen molar-refractivity contribution in [3.63, 3.8) is 0 Å². The van der Waals surface area contributed by atoms with Crippen LogP contribution in [0.1, 0.15) is 30.1 Å². The van der Waals surface area contributed by atoms with E-state index in [2.05, 4.69) is 0 Å². The van der Waals surface area contributed by atoms with Crippen LogP contribution in [0, 0.1) is 0 Å². The molecule has 0 amide bonds. The molecule has 1 unspecified atom stereocenters. The summed E-state index contributed by atoms with van der Waals surface area (Å²) in [7, 11) is 1.23. The molecule has 6 heteroatoms. The number of esters is 1. The molecule has 0 saturated heterocycles. The van der Waals surface area contributed by atoms with E-state index in [9.17, 15) is 14.4 Å². The average molecular weight is 313 g/mol. The van der Waals surface area contributed by atoms with Crippen LogP contribution in [0.25, 0.3) is 0 Å². The van der Waals surface area contributed by atoms with E-state index in [1.165, 1.54) is 14.0 Å². The Balaban J connectivity index is 2.46. The number of ketones is 2. The van der Waals surface area contributed by atoms with Crippen molar-refractivity contribution < 1.29 is 19.1 Å². The smallest absolute Gasteiger partial charge is 0.330 e. The van der Waals surface area contributed by atoms with Gasteiger partial charge < -0.3 is 9.53 Å². The second kappa shape index (κ2) is 5.58. The van der Waals surface area contributed by atoms with Gasteiger partial charge in [0.05, 0.1) is 12.1 Å². The van der Waals surface area contributed by atoms with Crippen LogP contribution in [0.15, 0.2) is 23.1 Å². The fraction of sp³-hybridized carbons (Fsp3) is 0.357. The van der Waals surface area contributed by atoms with Gasteiger partial charge in [0.25, 0.3) is 0 Å². The molecule has 1 heterocycles. The molecule has 0 N–H and O–H groups in total. The van der Waals surface area contributed by atoms with Crippen molar-refractivity contribution in [2.24, 2.45) is 0 Å². The minimum absolute atomic E-state index is 0.0799. The van der Waals surface area contributed by atoms with Crippen molar-refractivity contribution in [3.8, 4) is 0 Å². The van der Waals surface area contributed by atoms with Crippen molar-refractivity contribution in [3.05, 3.63) is 28.8 Å². The van der Waals surface area contributed by atoms with Crippen LogP contribution in [0.3, 0.4) is 0 Å². The maximum Gasteiger partial charge on any atom is 0.330 e. The van der Waals surface area contributed by atoms with E-state index in [0.29, 0.717) is 15.5 Å². The van der Waals surface area contributed by atoms with Gasteiger partial charge in [0.15, 0.2) is 10.5 Å². The molecular formula is C14H13ClO4S. The number of carbonyl (C=O) groups is 3. The number of Topliss-reactive ketones (excluding diaryl/α,β-unsaturated/α-hetero) is 2. The quantitative estimate of drug-likeness (QED) is 0.632. The van der Waals surface area contributed by atoms with Crippen molar-refractivity contribution in [1.29, 1.82) is 0 Å². The van der Waals surface area contributed by atoms with Gasteiger partial charge in [-0.15, -0.1) is 0 Å². The molecule has 1 aliphatic rings. The Morgan fingerprint density at radius 1 is 1.40 bits per heavy atom. The third-order valence-corrected chi connectivity index (χ3v) is 5.17. The van der Waals surface area contributed by atoms with Crippen LogP contribution in [0.4, 0.5) is 0 Å². The van der Waals surface area contributed by atoms with Gasteiger partial charge in [0.2, 0.25) is 0 Å². The molecule has 1 aromatic rings. The lowest BCUT2D eigenvalue weighted by Crippen LogP contribution is -2.41. The third kappa shape index (κ3) is 2.36. The molecule has 106 valence electrons. The van der Waals surface area contributed by atoms with E-state index in [0.717, 1.165) is 11.8 Å². The van der Waals surface area contributed by atoms with Crippen LogP contribution in [0.2, 0.25) is 5.02 Å². The number of thioether (sulfide) groups is 1. The van der Waals surface area contributed by atoms with Gasteiger partial charge in [-0.2, -0.15) is 0 Å².